The Morgan fingerprint density at radius 3 is 2.53 bits per heavy atom. The molecule has 1 heterocycles. The van der Waals surface area contributed by atoms with Crippen molar-refractivity contribution in [1.29, 1.82) is 0 Å². The number of aromatic nitrogens is 1. The van der Waals surface area contributed by atoms with Gasteiger partial charge in [0.05, 0.1) is 4.92 Å². The molecule has 0 unspecified atom stereocenters. The number of nitrogens with zero attached hydrogens (tertiary/aromatic N) is 2. The molecule has 0 amide bonds. The molecule has 0 N–H and O–H groups in total. The lowest BCUT2D eigenvalue weighted by molar-refractivity contribution is -0.384. The number of para-hydroxylation sites is 1. The third-order valence-corrected chi connectivity index (χ3v) is 2.95. The summed E-state index contributed by atoms with van der Waals surface area (Å²) < 4.78 is 5.65. The van der Waals surface area contributed by atoms with Gasteiger partial charge in [-0.3, -0.25) is 10.1 Å². The highest BCUT2D eigenvalue weighted by molar-refractivity contribution is 5.79. The van der Waals surface area contributed by atoms with Gasteiger partial charge in [0.15, 0.2) is 5.58 Å². The first-order valence-corrected chi connectivity index (χ1v) is 5.76. The Bertz CT molecular complexity index is 760. The molecule has 2 aromatic carbocycles. The molecular weight excluding hydrogens is 244 g/mol. The van der Waals surface area contributed by atoms with Crippen molar-refractivity contribution < 1.29 is 9.34 Å². The Hall–Kier alpha value is -2.69. The number of nitro benzene ring substituents is 1. The van der Waals surface area contributed by atoms with E-state index in [0.717, 1.165) is 16.6 Å². The van der Waals surface area contributed by atoms with E-state index in [2.05, 4.69) is 4.98 Å². The molecule has 0 radical (unpaired) electrons. The van der Waals surface area contributed by atoms with Gasteiger partial charge in [0.25, 0.3) is 5.69 Å². The van der Waals surface area contributed by atoms with Crippen molar-refractivity contribution in [2.75, 3.05) is 0 Å². The van der Waals surface area contributed by atoms with Gasteiger partial charge < -0.3 is 4.42 Å². The average molecular weight is 254 g/mol. The van der Waals surface area contributed by atoms with Crippen molar-refractivity contribution in [3.05, 3.63) is 58.1 Å². The van der Waals surface area contributed by atoms with Crippen molar-refractivity contribution in [2.45, 2.75) is 6.92 Å². The van der Waals surface area contributed by atoms with Crippen molar-refractivity contribution in [3.8, 4) is 11.5 Å². The Kier molecular flexibility index (Phi) is 2.52. The molecule has 3 rings (SSSR count). The lowest BCUT2D eigenvalue weighted by Gasteiger charge is -1.94. The number of rotatable bonds is 2. The maximum Gasteiger partial charge on any atom is 0.269 e. The summed E-state index contributed by atoms with van der Waals surface area (Å²) in [5.41, 5.74) is 3.34. The molecule has 0 aliphatic carbocycles. The fourth-order valence-corrected chi connectivity index (χ4v) is 1.94. The Morgan fingerprint density at radius 2 is 1.89 bits per heavy atom. The number of hydrogen-bond acceptors (Lipinski definition) is 4. The van der Waals surface area contributed by atoms with Gasteiger partial charge in [0, 0.05) is 17.7 Å². The quantitative estimate of drug-likeness (QED) is 0.516. The van der Waals surface area contributed by atoms with Crippen LogP contribution in [0.4, 0.5) is 5.69 Å². The van der Waals surface area contributed by atoms with Crippen LogP contribution in [0.1, 0.15) is 5.56 Å². The molecule has 3 aromatic rings. The summed E-state index contributed by atoms with van der Waals surface area (Å²) in [6.07, 6.45) is 0. The first-order chi connectivity index (χ1) is 9.15. The predicted octanol–water partition coefficient (Wildman–Crippen LogP) is 3.71. The molecule has 5 nitrogen and oxygen atoms in total. The van der Waals surface area contributed by atoms with E-state index in [4.69, 9.17) is 4.42 Å². The third kappa shape index (κ3) is 1.95. The van der Waals surface area contributed by atoms with E-state index in [0.29, 0.717) is 11.5 Å². The van der Waals surface area contributed by atoms with Crippen LogP contribution in [0.15, 0.2) is 46.9 Å². The number of non-ortho nitro benzene ring substituents is 1. The van der Waals surface area contributed by atoms with E-state index in [9.17, 15) is 10.1 Å². The van der Waals surface area contributed by atoms with E-state index in [-0.39, 0.29) is 5.69 Å². The van der Waals surface area contributed by atoms with Gasteiger partial charge in [0.1, 0.15) is 5.52 Å². The molecular formula is C14H10N2O3. The zero-order valence-electron chi connectivity index (χ0n) is 10.2. The van der Waals surface area contributed by atoms with Crippen LogP contribution in [0, 0.1) is 17.0 Å². The van der Waals surface area contributed by atoms with Gasteiger partial charge in [0.2, 0.25) is 5.89 Å². The number of aryl methyl sites for hydroxylation is 1. The van der Waals surface area contributed by atoms with E-state index in [1.165, 1.54) is 12.1 Å². The van der Waals surface area contributed by atoms with Crippen molar-refractivity contribution in [2.24, 2.45) is 0 Å². The number of oxazole rings is 1. The highest BCUT2D eigenvalue weighted by atomic mass is 16.6. The fourth-order valence-electron chi connectivity index (χ4n) is 1.94. The molecule has 0 saturated carbocycles. The van der Waals surface area contributed by atoms with Gasteiger partial charge >= 0.3 is 0 Å². The second kappa shape index (κ2) is 4.20. The van der Waals surface area contributed by atoms with Gasteiger partial charge in [-0.1, -0.05) is 12.1 Å². The topological polar surface area (TPSA) is 69.2 Å². The Balaban J connectivity index is 2.09. The van der Waals surface area contributed by atoms with E-state index in [1.54, 1.807) is 12.1 Å². The second-order valence-corrected chi connectivity index (χ2v) is 4.24. The standard InChI is InChI=1S/C14H10N2O3/c1-9-3-2-4-12-13(9)15-14(19-12)10-5-7-11(8-6-10)16(17)18/h2-8H,1H3. The molecule has 1 aromatic heterocycles. The average Bonchev–Trinajstić information content (AvgIpc) is 2.84. The SMILES string of the molecule is Cc1cccc2oc(-c3ccc([N+](=O)[O-])cc3)nc12. The minimum atomic E-state index is -0.431. The van der Waals surface area contributed by atoms with Crippen molar-refractivity contribution in [3.63, 3.8) is 0 Å². The summed E-state index contributed by atoms with van der Waals surface area (Å²) in [4.78, 5) is 14.6. The van der Waals surface area contributed by atoms with Crippen LogP contribution < -0.4 is 0 Å². The highest BCUT2D eigenvalue weighted by Crippen LogP contribution is 2.27. The van der Waals surface area contributed by atoms with Gasteiger partial charge in [-0.05, 0) is 30.7 Å². The number of benzene rings is 2. The molecule has 0 aliphatic rings. The van der Waals surface area contributed by atoms with Crippen LogP contribution in [-0.2, 0) is 0 Å². The molecule has 0 saturated heterocycles. The molecule has 94 valence electrons. The number of hydrogen-bond donors (Lipinski definition) is 0. The van der Waals surface area contributed by atoms with Gasteiger partial charge in [-0.2, -0.15) is 0 Å². The normalized spacial score (nSPS) is 10.8. The summed E-state index contributed by atoms with van der Waals surface area (Å²) in [7, 11) is 0. The lowest BCUT2D eigenvalue weighted by atomic mass is 10.2. The molecule has 0 bridgehead atoms. The number of nitro groups is 1. The van der Waals surface area contributed by atoms with Crippen LogP contribution >= 0.6 is 0 Å². The van der Waals surface area contributed by atoms with E-state index in [1.807, 2.05) is 25.1 Å². The first kappa shape index (κ1) is 11.4. The first-order valence-electron chi connectivity index (χ1n) is 5.76. The summed E-state index contributed by atoms with van der Waals surface area (Å²) in [5.74, 6) is 0.471. The molecule has 0 aliphatic heterocycles. The summed E-state index contributed by atoms with van der Waals surface area (Å²) >= 11 is 0. The lowest BCUT2D eigenvalue weighted by Crippen LogP contribution is -1.87. The zero-order valence-corrected chi connectivity index (χ0v) is 10.2. The van der Waals surface area contributed by atoms with E-state index >= 15 is 0 Å². The predicted molar refractivity (Wildman–Crippen MR) is 70.8 cm³/mol. The smallest absolute Gasteiger partial charge is 0.269 e. The van der Waals surface area contributed by atoms with Gasteiger partial charge in [-0.15, -0.1) is 0 Å². The van der Waals surface area contributed by atoms with Crippen molar-refractivity contribution in [1.82, 2.24) is 4.98 Å². The molecule has 0 spiro atoms. The highest BCUT2D eigenvalue weighted by Gasteiger charge is 2.11. The van der Waals surface area contributed by atoms with Crippen molar-refractivity contribution >= 4 is 16.8 Å². The monoisotopic (exact) mass is 254 g/mol. The Morgan fingerprint density at radius 1 is 1.16 bits per heavy atom. The molecule has 5 heteroatoms. The van der Waals surface area contributed by atoms with Gasteiger partial charge in [-0.25, -0.2) is 4.98 Å². The molecule has 19 heavy (non-hydrogen) atoms. The van der Waals surface area contributed by atoms with Crippen LogP contribution in [0.2, 0.25) is 0 Å². The Labute approximate surface area is 108 Å². The minimum absolute atomic E-state index is 0.0519. The summed E-state index contributed by atoms with van der Waals surface area (Å²) in [6, 6.07) is 11.9. The minimum Gasteiger partial charge on any atom is -0.436 e. The zero-order chi connectivity index (χ0) is 13.4. The maximum atomic E-state index is 10.6. The third-order valence-electron chi connectivity index (χ3n) is 2.95. The molecule has 0 atom stereocenters. The van der Waals surface area contributed by atoms with Crippen LogP contribution in [0.5, 0.6) is 0 Å². The van der Waals surface area contributed by atoms with Crippen LogP contribution in [0.25, 0.3) is 22.6 Å². The fraction of sp³-hybridized carbons (Fsp3) is 0.0714. The number of fused-ring (bicyclic) bond motifs is 1. The molecule has 0 fully saturated rings. The maximum absolute atomic E-state index is 10.6. The summed E-state index contributed by atoms with van der Waals surface area (Å²) in [6.45, 7) is 1.96. The van der Waals surface area contributed by atoms with Crippen LogP contribution in [-0.4, -0.2) is 9.91 Å². The second-order valence-electron chi connectivity index (χ2n) is 4.24. The van der Waals surface area contributed by atoms with Crippen LogP contribution in [0.3, 0.4) is 0 Å². The summed E-state index contributed by atoms with van der Waals surface area (Å²) in [5, 5.41) is 10.6. The van der Waals surface area contributed by atoms with E-state index < -0.39 is 4.92 Å². The largest absolute Gasteiger partial charge is 0.436 e.